The minimum absolute atomic E-state index is 0.319. The third-order valence-corrected chi connectivity index (χ3v) is 5.62. The first-order valence-electron chi connectivity index (χ1n) is 6.06. The van der Waals surface area contributed by atoms with E-state index in [0.717, 1.165) is 21.2 Å². The van der Waals surface area contributed by atoms with Crippen molar-refractivity contribution in [2.45, 2.75) is 15.6 Å². The van der Waals surface area contributed by atoms with E-state index in [9.17, 15) is 9.90 Å². The van der Waals surface area contributed by atoms with Gasteiger partial charge >= 0.3 is 0 Å². The lowest BCUT2D eigenvalue weighted by atomic mass is 10.1. The molecule has 6 heteroatoms. The summed E-state index contributed by atoms with van der Waals surface area (Å²) >= 11 is 3.07. The molecule has 1 aromatic carbocycles. The number of hydrogen-bond acceptors (Lipinski definition) is 5. The van der Waals surface area contributed by atoms with Gasteiger partial charge in [-0.05, 0) is 29.1 Å². The minimum atomic E-state index is -1.08. The average molecular weight is 307 g/mol. The third-order valence-electron chi connectivity index (χ3n) is 3.12. The molecule has 4 nitrogen and oxygen atoms in total. The van der Waals surface area contributed by atoms with Gasteiger partial charge in [-0.15, -0.1) is 23.1 Å². The predicted molar refractivity (Wildman–Crippen MR) is 80.5 cm³/mol. The summed E-state index contributed by atoms with van der Waals surface area (Å²) in [7, 11) is 1.61. The fourth-order valence-electron chi connectivity index (χ4n) is 2.05. The van der Waals surface area contributed by atoms with Crippen LogP contribution in [0.5, 0.6) is 5.75 Å². The molecule has 0 saturated heterocycles. The number of hydrogen-bond donors (Lipinski definition) is 2. The minimum Gasteiger partial charge on any atom is -0.497 e. The predicted octanol–water partition coefficient (Wildman–Crippen LogP) is 2.90. The molecule has 2 heterocycles. The van der Waals surface area contributed by atoms with E-state index in [-0.39, 0.29) is 11.2 Å². The Kier molecular flexibility index (Phi) is 3.69. The topological polar surface area (TPSA) is 58.6 Å². The van der Waals surface area contributed by atoms with E-state index in [1.165, 1.54) is 11.8 Å². The number of benzene rings is 1. The highest BCUT2D eigenvalue weighted by atomic mass is 32.2. The summed E-state index contributed by atoms with van der Waals surface area (Å²) in [5, 5.41) is 14.6. The van der Waals surface area contributed by atoms with Gasteiger partial charge in [0.2, 0.25) is 0 Å². The zero-order valence-corrected chi connectivity index (χ0v) is 12.3. The van der Waals surface area contributed by atoms with Crippen molar-refractivity contribution in [3.8, 4) is 5.75 Å². The zero-order chi connectivity index (χ0) is 14.1. The molecule has 0 spiro atoms. The lowest BCUT2D eigenvalue weighted by Crippen LogP contribution is -2.30. The van der Waals surface area contributed by atoms with Gasteiger partial charge < -0.3 is 15.2 Å². The molecule has 2 atom stereocenters. The van der Waals surface area contributed by atoms with Crippen LogP contribution in [0.1, 0.15) is 10.8 Å². The van der Waals surface area contributed by atoms with Crippen molar-refractivity contribution in [3.05, 3.63) is 41.3 Å². The number of carbonyl (C=O) groups excluding carboxylic acids is 1. The van der Waals surface area contributed by atoms with Gasteiger partial charge in [0.1, 0.15) is 11.9 Å². The quantitative estimate of drug-likeness (QED) is 0.895. The van der Waals surface area contributed by atoms with Crippen LogP contribution < -0.4 is 10.1 Å². The Morgan fingerprint density at radius 2 is 2.00 bits per heavy atom. The number of methoxy groups -OCH3 is 1. The van der Waals surface area contributed by atoms with Crippen molar-refractivity contribution in [3.63, 3.8) is 0 Å². The normalized spacial score (nSPS) is 21.8. The number of thiophene rings is 1. The molecule has 1 amide bonds. The molecule has 0 aliphatic carbocycles. The summed E-state index contributed by atoms with van der Waals surface area (Å²) in [5.74, 6) is 0.388. The molecule has 104 valence electrons. The number of carbonyl (C=O) groups is 1. The first kappa shape index (κ1) is 13.5. The SMILES string of the molecule is COc1ccc([C@@H]2Sc3sccc3NC(=O)[C@@H]2O)cc1. The number of aliphatic hydroxyl groups excluding tert-OH is 1. The number of rotatable bonds is 2. The Hall–Kier alpha value is -1.50. The molecule has 2 aromatic rings. The fraction of sp³-hybridized carbons (Fsp3) is 0.214. The summed E-state index contributed by atoms with van der Waals surface area (Å²) in [6.07, 6.45) is -1.08. The molecule has 3 rings (SSSR count). The summed E-state index contributed by atoms with van der Waals surface area (Å²) in [6, 6.07) is 9.28. The fourth-order valence-corrected chi connectivity index (χ4v) is 4.34. The Morgan fingerprint density at radius 1 is 1.25 bits per heavy atom. The van der Waals surface area contributed by atoms with Gasteiger partial charge in [0.15, 0.2) is 0 Å². The van der Waals surface area contributed by atoms with E-state index in [1.807, 2.05) is 35.7 Å². The molecule has 0 fully saturated rings. The van der Waals surface area contributed by atoms with E-state index in [4.69, 9.17) is 4.74 Å². The summed E-state index contributed by atoms with van der Waals surface area (Å²) in [4.78, 5) is 12.0. The van der Waals surface area contributed by atoms with Crippen LogP contribution in [0.3, 0.4) is 0 Å². The van der Waals surface area contributed by atoms with Crippen LogP contribution in [-0.4, -0.2) is 24.2 Å². The number of nitrogens with one attached hydrogen (secondary N) is 1. The van der Waals surface area contributed by atoms with Gasteiger partial charge in [-0.1, -0.05) is 12.1 Å². The molecule has 1 aliphatic rings. The largest absolute Gasteiger partial charge is 0.497 e. The first-order valence-corrected chi connectivity index (χ1v) is 7.82. The van der Waals surface area contributed by atoms with Crippen LogP contribution in [0, 0.1) is 0 Å². The molecular formula is C14H13NO3S2. The van der Waals surface area contributed by atoms with Crippen molar-refractivity contribution in [1.29, 1.82) is 0 Å². The van der Waals surface area contributed by atoms with Gasteiger partial charge in [-0.3, -0.25) is 4.79 Å². The standard InChI is InChI=1S/C14H13NO3S2/c1-18-9-4-2-8(3-5-9)12-11(16)13(17)15-10-6-7-19-14(10)20-12/h2-7,11-12,16H,1H3,(H,15,17)/t11-,12+/m1/s1. The number of thioether (sulfide) groups is 1. The van der Waals surface area contributed by atoms with Crippen molar-refractivity contribution in [2.75, 3.05) is 12.4 Å². The van der Waals surface area contributed by atoms with Gasteiger partial charge in [0.25, 0.3) is 5.91 Å². The Balaban J connectivity index is 1.96. The van der Waals surface area contributed by atoms with Crippen molar-refractivity contribution >= 4 is 34.7 Å². The van der Waals surface area contributed by atoms with Gasteiger partial charge in [-0.2, -0.15) is 0 Å². The van der Waals surface area contributed by atoms with E-state index in [1.54, 1.807) is 18.4 Å². The highest BCUT2D eigenvalue weighted by Crippen LogP contribution is 2.46. The van der Waals surface area contributed by atoms with Crippen molar-refractivity contribution in [2.24, 2.45) is 0 Å². The second kappa shape index (κ2) is 5.47. The monoisotopic (exact) mass is 307 g/mol. The lowest BCUT2D eigenvalue weighted by Gasteiger charge is -2.18. The lowest BCUT2D eigenvalue weighted by molar-refractivity contribution is -0.124. The number of aliphatic hydroxyl groups is 1. The maximum Gasteiger partial charge on any atom is 0.254 e. The van der Waals surface area contributed by atoms with Crippen LogP contribution in [0.15, 0.2) is 39.9 Å². The number of amides is 1. The first-order chi connectivity index (χ1) is 9.69. The van der Waals surface area contributed by atoms with Crippen molar-refractivity contribution in [1.82, 2.24) is 0 Å². The van der Waals surface area contributed by atoms with E-state index >= 15 is 0 Å². The summed E-state index contributed by atoms with van der Waals surface area (Å²) in [5.41, 5.74) is 1.68. The molecule has 20 heavy (non-hydrogen) atoms. The number of ether oxygens (including phenoxy) is 1. The molecule has 0 saturated carbocycles. The van der Waals surface area contributed by atoms with Gasteiger partial charge in [0, 0.05) is 0 Å². The molecular weight excluding hydrogens is 294 g/mol. The second-order valence-electron chi connectivity index (χ2n) is 4.37. The van der Waals surface area contributed by atoms with E-state index in [2.05, 4.69) is 5.32 Å². The second-order valence-corrected chi connectivity index (χ2v) is 6.69. The van der Waals surface area contributed by atoms with Crippen LogP contribution in [-0.2, 0) is 4.79 Å². The zero-order valence-electron chi connectivity index (χ0n) is 10.7. The Labute approximate surface area is 124 Å². The Bertz CT molecular complexity index is 624. The maximum atomic E-state index is 12.0. The van der Waals surface area contributed by atoms with Crippen LogP contribution in [0.25, 0.3) is 0 Å². The number of anilines is 1. The third kappa shape index (κ3) is 2.42. The van der Waals surface area contributed by atoms with Crippen molar-refractivity contribution < 1.29 is 14.6 Å². The smallest absolute Gasteiger partial charge is 0.254 e. The van der Waals surface area contributed by atoms with Crippen LogP contribution >= 0.6 is 23.1 Å². The molecule has 1 aliphatic heterocycles. The molecule has 0 unspecified atom stereocenters. The van der Waals surface area contributed by atoms with E-state index < -0.39 is 6.10 Å². The molecule has 0 bridgehead atoms. The van der Waals surface area contributed by atoms with E-state index in [0.29, 0.717) is 0 Å². The summed E-state index contributed by atoms with van der Waals surface area (Å²) < 4.78 is 6.14. The number of fused-ring (bicyclic) bond motifs is 1. The van der Waals surface area contributed by atoms with Gasteiger partial charge in [-0.25, -0.2) is 0 Å². The highest BCUT2D eigenvalue weighted by Gasteiger charge is 2.33. The molecule has 2 N–H and O–H groups in total. The average Bonchev–Trinajstić information content (AvgIpc) is 2.87. The highest BCUT2D eigenvalue weighted by molar-refractivity contribution is 8.01. The van der Waals surface area contributed by atoms with Crippen LogP contribution in [0.2, 0.25) is 0 Å². The molecule has 0 radical (unpaired) electrons. The molecule has 1 aromatic heterocycles. The maximum absolute atomic E-state index is 12.0. The van der Waals surface area contributed by atoms with Crippen LogP contribution in [0.4, 0.5) is 5.69 Å². The summed E-state index contributed by atoms with van der Waals surface area (Å²) in [6.45, 7) is 0. The van der Waals surface area contributed by atoms with Gasteiger partial charge in [0.05, 0.1) is 22.3 Å². The Morgan fingerprint density at radius 3 is 2.70 bits per heavy atom.